The molecule has 0 bridgehead atoms. The molecule has 1 unspecified atom stereocenters. The number of hydrogen-bond acceptors (Lipinski definition) is 6. The highest BCUT2D eigenvalue weighted by molar-refractivity contribution is 7.49. The number of carboxylic acid groups (broad SMARTS) is 1. The van der Waals surface area contributed by atoms with E-state index < -0.39 is 32.1 Å². The van der Waals surface area contributed by atoms with Gasteiger partial charge in [0.05, 0.1) is 12.3 Å². The smallest absolute Gasteiger partial charge is 0.481 e. The van der Waals surface area contributed by atoms with Gasteiger partial charge in [-0.05, 0) is 0 Å². The average molecular weight is 240 g/mol. The van der Waals surface area contributed by atoms with Crippen molar-refractivity contribution in [1.29, 1.82) is 0 Å². The van der Waals surface area contributed by atoms with E-state index in [4.69, 9.17) is 5.11 Å². The van der Waals surface area contributed by atoms with Gasteiger partial charge in [-0.2, -0.15) is 0 Å². The average Bonchev–Trinajstić information content (AvgIpc) is 2.16. The molecule has 0 radical (unpaired) electrons. The monoisotopic (exact) mass is 240 g/mol. The molecule has 0 aromatic carbocycles. The summed E-state index contributed by atoms with van der Waals surface area (Å²) in [6, 6.07) is 0. The molecule has 0 amide bonds. The summed E-state index contributed by atoms with van der Waals surface area (Å²) in [4.78, 5) is 21.5. The lowest BCUT2D eigenvalue weighted by atomic mass is 10.1. The minimum Gasteiger partial charge on any atom is -0.481 e. The van der Waals surface area contributed by atoms with Crippen molar-refractivity contribution in [2.45, 2.75) is 13.3 Å². The van der Waals surface area contributed by atoms with E-state index in [0.717, 1.165) is 14.2 Å². The zero-order chi connectivity index (χ0) is 12.1. The minimum absolute atomic E-state index is 0.410. The van der Waals surface area contributed by atoms with E-state index in [1.165, 1.54) is 6.92 Å². The maximum absolute atomic E-state index is 11.3. The number of carbonyl (C=O) groups is 2. The van der Waals surface area contributed by atoms with Crippen molar-refractivity contribution >= 4 is 19.8 Å². The maximum atomic E-state index is 11.3. The summed E-state index contributed by atoms with van der Waals surface area (Å²) >= 11 is 0. The Bertz CT molecular complexity index is 279. The fraction of sp³-hybridized carbons (Fsp3) is 0.714. The second-order valence-corrected chi connectivity index (χ2v) is 4.53. The molecule has 88 valence electrons. The molecule has 0 spiro atoms. The molecule has 0 aliphatic carbocycles. The lowest BCUT2D eigenvalue weighted by Crippen LogP contribution is -2.17. The molecule has 7 nitrogen and oxygen atoms in total. The SMILES string of the molecule is COP(=O)(OC)OC(=O)C(C)CC(=O)O. The second kappa shape index (κ2) is 5.85. The van der Waals surface area contributed by atoms with Gasteiger partial charge in [0.25, 0.3) is 0 Å². The van der Waals surface area contributed by atoms with Gasteiger partial charge >= 0.3 is 19.8 Å². The van der Waals surface area contributed by atoms with Gasteiger partial charge in [0.1, 0.15) is 0 Å². The van der Waals surface area contributed by atoms with Crippen LogP contribution in [-0.2, 0) is 27.7 Å². The molecule has 1 N–H and O–H groups in total. The summed E-state index contributed by atoms with van der Waals surface area (Å²) in [6.45, 7) is 1.34. The molecule has 0 rings (SSSR count). The Morgan fingerprint density at radius 3 is 2.13 bits per heavy atom. The number of carboxylic acids is 1. The Morgan fingerprint density at radius 1 is 1.33 bits per heavy atom. The molecule has 0 fully saturated rings. The molecule has 15 heavy (non-hydrogen) atoms. The summed E-state index contributed by atoms with van der Waals surface area (Å²) in [6.07, 6.45) is -0.410. The Morgan fingerprint density at radius 2 is 1.80 bits per heavy atom. The minimum atomic E-state index is -3.88. The van der Waals surface area contributed by atoms with Crippen molar-refractivity contribution in [3.05, 3.63) is 0 Å². The molecular formula is C7H13O7P. The lowest BCUT2D eigenvalue weighted by Gasteiger charge is -2.14. The van der Waals surface area contributed by atoms with Gasteiger partial charge in [0.15, 0.2) is 0 Å². The van der Waals surface area contributed by atoms with E-state index in [-0.39, 0.29) is 0 Å². The number of rotatable bonds is 6. The molecule has 0 aromatic heterocycles. The van der Waals surface area contributed by atoms with Crippen molar-refractivity contribution < 1.29 is 32.8 Å². The van der Waals surface area contributed by atoms with E-state index in [1.54, 1.807) is 0 Å². The van der Waals surface area contributed by atoms with E-state index in [2.05, 4.69) is 13.6 Å². The van der Waals surface area contributed by atoms with Crippen LogP contribution in [0.4, 0.5) is 0 Å². The van der Waals surface area contributed by atoms with Crippen molar-refractivity contribution in [3.8, 4) is 0 Å². The van der Waals surface area contributed by atoms with Gasteiger partial charge in [-0.3, -0.25) is 18.6 Å². The van der Waals surface area contributed by atoms with Crippen LogP contribution in [0.2, 0.25) is 0 Å². The number of phosphoric acid groups is 1. The number of aliphatic carboxylic acids is 1. The standard InChI is InChI=1S/C7H13O7P/c1-5(4-6(8)9)7(10)14-15(11,12-2)13-3/h5H,4H2,1-3H3,(H,8,9). The number of hydrogen-bond donors (Lipinski definition) is 1. The zero-order valence-electron chi connectivity index (χ0n) is 8.63. The Labute approximate surface area is 86.9 Å². The molecule has 0 saturated carbocycles. The molecule has 0 saturated heterocycles. The number of carbonyl (C=O) groups excluding carboxylic acids is 1. The van der Waals surface area contributed by atoms with E-state index in [0.29, 0.717) is 0 Å². The summed E-state index contributed by atoms with van der Waals surface area (Å²) in [5.41, 5.74) is 0. The topological polar surface area (TPSA) is 99.1 Å². The Hall–Kier alpha value is -0.910. The first-order valence-corrected chi connectivity index (χ1v) is 5.47. The van der Waals surface area contributed by atoms with Crippen molar-refractivity contribution in [3.63, 3.8) is 0 Å². The van der Waals surface area contributed by atoms with Gasteiger partial charge in [-0.1, -0.05) is 6.92 Å². The van der Waals surface area contributed by atoms with Crippen LogP contribution in [0, 0.1) is 5.92 Å². The molecule has 0 heterocycles. The van der Waals surface area contributed by atoms with Crippen LogP contribution in [0.3, 0.4) is 0 Å². The highest BCUT2D eigenvalue weighted by Gasteiger charge is 2.31. The van der Waals surface area contributed by atoms with Crippen LogP contribution < -0.4 is 0 Å². The van der Waals surface area contributed by atoms with Gasteiger partial charge in [0, 0.05) is 14.2 Å². The molecule has 1 atom stereocenters. The molecular weight excluding hydrogens is 227 g/mol. The largest absolute Gasteiger partial charge is 0.531 e. The van der Waals surface area contributed by atoms with Crippen LogP contribution in [0.1, 0.15) is 13.3 Å². The highest BCUT2D eigenvalue weighted by atomic mass is 31.2. The van der Waals surface area contributed by atoms with Crippen LogP contribution in [-0.4, -0.2) is 31.3 Å². The van der Waals surface area contributed by atoms with Crippen LogP contribution in [0.25, 0.3) is 0 Å². The van der Waals surface area contributed by atoms with Crippen molar-refractivity contribution in [1.82, 2.24) is 0 Å². The Kier molecular flexibility index (Phi) is 5.49. The molecule has 0 aromatic rings. The third-order valence-corrected chi connectivity index (χ3v) is 2.83. The first-order valence-electron chi connectivity index (χ1n) is 4.01. The van der Waals surface area contributed by atoms with Crippen LogP contribution >= 0.6 is 7.82 Å². The van der Waals surface area contributed by atoms with Gasteiger partial charge < -0.3 is 9.63 Å². The maximum Gasteiger partial charge on any atom is 0.531 e. The summed E-state index contributed by atoms with van der Waals surface area (Å²) in [5, 5.41) is 8.41. The van der Waals surface area contributed by atoms with Gasteiger partial charge in [-0.15, -0.1) is 0 Å². The zero-order valence-corrected chi connectivity index (χ0v) is 9.52. The summed E-state index contributed by atoms with van der Waals surface area (Å²) < 4.78 is 24.4. The van der Waals surface area contributed by atoms with E-state index in [1.807, 2.05) is 0 Å². The van der Waals surface area contributed by atoms with Crippen LogP contribution in [0.5, 0.6) is 0 Å². The second-order valence-electron chi connectivity index (χ2n) is 2.72. The Balaban J connectivity index is 4.35. The predicted octanol–water partition coefficient (Wildman–Crippen LogP) is 1.04. The van der Waals surface area contributed by atoms with E-state index >= 15 is 0 Å². The van der Waals surface area contributed by atoms with Crippen LogP contribution in [0.15, 0.2) is 0 Å². The fourth-order valence-electron chi connectivity index (χ4n) is 0.695. The fourth-order valence-corrected chi connectivity index (χ4v) is 1.39. The molecule has 0 aliphatic heterocycles. The first-order chi connectivity index (χ1) is 6.84. The third kappa shape index (κ3) is 4.92. The summed E-state index contributed by atoms with van der Waals surface area (Å²) in [5.74, 6) is -3.00. The third-order valence-electron chi connectivity index (χ3n) is 1.53. The number of phosphoric ester groups is 1. The molecule has 8 heteroatoms. The van der Waals surface area contributed by atoms with Crippen molar-refractivity contribution in [2.75, 3.05) is 14.2 Å². The lowest BCUT2D eigenvalue weighted by molar-refractivity contribution is -0.147. The normalized spacial score (nSPS) is 13.3. The quantitative estimate of drug-likeness (QED) is 0.692. The first kappa shape index (κ1) is 14.1. The predicted molar refractivity (Wildman–Crippen MR) is 49.1 cm³/mol. The van der Waals surface area contributed by atoms with E-state index in [9.17, 15) is 14.2 Å². The highest BCUT2D eigenvalue weighted by Crippen LogP contribution is 2.48. The van der Waals surface area contributed by atoms with Gasteiger partial charge in [-0.25, -0.2) is 4.57 Å². The summed E-state index contributed by atoms with van der Waals surface area (Å²) in [7, 11) is -1.77. The molecule has 0 aliphatic rings. The van der Waals surface area contributed by atoms with Crippen molar-refractivity contribution in [2.24, 2.45) is 5.92 Å². The van der Waals surface area contributed by atoms with Gasteiger partial charge in [0.2, 0.25) is 0 Å².